The summed E-state index contributed by atoms with van der Waals surface area (Å²) in [5.74, 6) is -0.876. The summed E-state index contributed by atoms with van der Waals surface area (Å²) in [5.41, 5.74) is 0. The molecule has 0 heterocycles. The van der Waals surface area contributed by atoms with Crippen molar-refractivity contribution in [2.45, 2.75) is 0 Å². The molecule has 0 fully saturated rings. The van der Waals surface area contributed by atoms with Crippen molar-refractivity contribution in [3.63, 3.8) is 0 Å². The van der Waals surface area contributed by atoms with Crippen LogP contribution in [0.15, 0.2) is 0 Å². The van der Waals surface area contributed by atoms with Gasteiger partial charge in [0.15, 0.2) is 0 Å². The fraction of sp³-hybridized carbons (Fsp3) is 0.500. The monoisotopic (exact) mass is 151 g/mol. The average Bonchev–Trinajstić information content (AvgIpc) is 1.84. The van der Waals surface area contributed by atoms with Crippen LogP contribution in [0.2, 0.25) is 0 Å². The van der Waals surface area contributed by atoms with Gasteiger partial charge in [-0.1, -0.05) is 0 Å². The number of likely N-dealkylation sites (N-methyl/N-ethyl adjacent to an activating group) is 1. The van der Waals surface area contributed by atoms with Crippen LogP contribution in [-0.2, 0) is 14.4 Å². The van der Waals surface area contributed by atoms with E-state index in [-0.39, 0.29) is 0 Å². The standard InChI is InChI=1S/C4H6ClNO3/c1-6(9-2)4(8)3(5)7/h1-2H3. The number of hydroxylamine groups is 2. The number of halogens is 1. The third kappa shape index (κ3) is 2.43. The summed E-state index contributed by atoms with van der Waals surface area (Å²) < 4.78 is 0. The first-order chi connectivity index (χ1) is 4.09. The summed E-state index contributed by atoms with van der Waals surface area (Å²) in [6.07, 6.45) is 0. The van der Waals surface area contributed by atoms with Crippen LogP contribution in [0.3, 0.4) is 0 Å². The summed E-state index contributed by atoms with van der Waals surface area (Å²) in [7, 11) is 2.56. The van der Waals surface area contributed by atoms with Gasteiger partial charge in [-0.2, -0.15) is 0 Å². The molecular formula is C4H6ClNO3. The number of rotatable bonds is 2. The lowest BCUT2D eigenvalue weighted by Gasteiger charge is -2.08. The Bertz CT molecular complexity index is 136. The van der Waals surface area contributed by atoms with E-state index in [0.29, 0.717) is 0 Å². The van der Waals surface area contributed by atoms with Gasteiger partial charge < -0.3 is 0 Å². The van der Waals surface area contributed by atoms with Crippen molar-refractivity contribution in [3.05, 3.63) is 0 Å². The second kappa shape index (κ2) is 3.42. The zero-order chi connectivity index (χ0) is 7.44. The maximum Gasteiger partial charge on any atom is 0.329 e. The molecule has 0 unspecified atom stereocenters. The molecule has 1 amide bonds. The van der Waals surface area contributed by atoms with Crippen molar-refractivity contribution in [2.24, 2.45) is 0 Å². The van der Waals surface area contributed by atoms with Crippen molar-refractivity contribution in [2.75, 3.05) is 14.2 Å². The number of hydrogen-bond donors (Lipinski definition) is 0. The molecule has 0 radical (unpaired) electrons. The molecule has 0 aliphatic carbocycles. The molecule has 0 bridgehead atoms. The topological polar surface area (TPSA) is 46.6 Å². The molecular weight excluding hydrogens is 146 g/mol. The van der Waals surface area contributed by atoms with Crippen molar-refractivity contribution < 1.29 is 14.4 Å². The molecule has 0 spiro atoms. The first-order valence-corrected chi connectivity index (χ1v) is 2.49. The lowest BCUT2D eigenvalue weighted by molar-refractivity contribution is -0.170. The molecule has 5 heteroatoms. The zero-order valence-corrected chi connectivity index (χ0v) is 5.81. The van der Waals surface area contributed by atoms with Crippen LogP contribution in [-0.4, -0.2) is 30.4 Å². The van der Waals surface area contributed by atoms with Gasteiger partial charge in [0.05, 0.1) is 7.11 Å². The maximum atomic E-state index is 10.4. The van der Waals surface area contributed by atoms with E-state index in [4.69, 9.17) is 11.6 Å². The second-order valence-corrected chi connectivity index (χ2v) is 1.60. The van der Waals surface area contributed by atoms with E-state index >= 15 is 0 Å². The van der Waals surface area contributed by atoms with Crippen LogP contribution in [0.25, 0.3) is 0 Å². The Morgan fingerprint density at radius 2 is 2.00 bits per heavy atom. The summed E-state index contributed by atoms with van der Waals surface area (Å²) >= 11 is 4.79. The van der Waals surface area contributed by atoms with Gasteiger partial charge in [-0.25, -0.2) is 5.06 Å². The number of nitrogens with zero attached hydrogens (tertiary/aromatic N) is 1. The lowest BCUT2D eigenvalue weighted by Crippen LogP contribution is -2.29. The minimum atomic E-state index is -1.06. The van der Waals surface area contributed by atoms with Crippen LogP contribution >= 0.6 is 11.6 Å². The van der Waals surface area contributed by atoms with E-state index in [9.17, 15) is 9.59 Å². The van der Waals surface area contributed by atoms with Crippen LogP contribution < -0.4 is 0 Å². The fourth-order valence-electron chi connectivity index (χ4n) is 0.207. The minimum Gasteiger partial charge on any atom is -0.274 e. The molecule has 0 atom stereocenters. The van der Waals surface area contributed by atoms with Crippen LogP contribution in [0, 0.1) is 0 Å². The first-order valence-electron chi connectivity index (χ1n) is 2.11. The van der Waals surface area contributed by atoms with Gasteiger partial charge in [0.1, 0.15) is 0 Å². The maximum absolute atomic E-state index is 10.4. The van der Waals surface area contributed by atoms with Gasteiger partial charge in [0.25, 0.3) is 0 Å². The average molecular weight is 152 g/mol. The molecule has 0 aromatic heterocycles. The van der Waals surface area contributed by atoms with E-state index in [0.717, 1.165) is 5.06 Å². The highest BCUT2D eigenvalue weighted by molar-refractivity contribution is 6.80. The molecule has 4 nitrogen and oxygen atoms in total. The molecule has 9 heavy (non-hydrogen) atoms. The molecule has 0 aliphatic rings. The smallest absolute Gasteiger partial charge is 0.274 e. The second-order valence-electron chi connectivity index (χ2n) is 1.26. The number of hydrogen-bond acceptors (Lipinski definition) is 3. The summed E-state index contributed by atoms with van der Waals surface area (Å²) in [6.45, 7) is 0. The Labute approximate surface area is 57.3 Å². The normalized spacial score (nSPS) is 8.78. The number of carbonyl (C=O) groups is 2. The highest BCUT2D eigenvalue weighted by Gasteiger charge is 2.14. The summed E-state index contributed by atoms with van der Waals surface area (Å²) in [6, 6.07) is 0. The Balaban J connectivity index is 3.88. The third-order valence-electron chi connectivity index (χ3n) is 0.728. The number of carbonyl (C=O) groups excluding carboxylic acids is 2. The molecule has 0 aromatic rings. The van der Waals surface area contributed by atoms with E-state index in [2.05, 4.69) is 4.84 Å². The largest absolute Gasteiger partial charge is 0.329 e. The molecule has 0 aromatic carbocycles. The summed E-state index contributed by atoms with van der Waals surface area (Å²) in [4.78, 5) is 24.8. The highest BCUT2D eigenvalue weighted by atomic mass is 35.5. The van der Waals surface area contributed by atoms with Crippen molar-refractivity contribution >= 4 is 22.8 Å². The van der Waals surface area contributed by atoms with Crippen LogP contribution in [0.5, 0.6) is 0 Å². The Kier molecular flexibility index (Phi) is 3.19. The molecule has 0 rings (SSSR count). The summed E-state index contributed by atoms with van der Waals surface area (Å²) in [5, 5.41) is -0.311. The first kappa shape index (κ1) is 8.39. The predicted octanol–water partition coefficient (Wildman–Crippen LogP) is -0.228. The van der Waals surface area contributed by atoms with Crippen molar-refractivity contribution in [3.8, 4) is 0 Å². The molecule has 0 saturated carbocycles. The van der Waals surface area contributed by atoms with Gasteiger partial charge in [0.2, 0.25) is 0 Å². The van der Waals surface area contributed by atoms with Gasteiger partial charge in [-0.3, -0.25) is 14.4 Å². The van der Waals surface area contributed by atoms with E-state index in [1.165, 1.54) is 14.2 Å². The van der Waals surface area contributed by atoms with E-state index < -0.39 is 11.1 Å². The molecule has 0 saturated heterocycles. The van der Waals surface area contributed by atoms with Crippen LogP contribution in [0.1, 0.15) is 0 Å². The zero-order valence-electron chi connectivity index (χ0n) is 5.05. The van der Waals surface area contributed by atoms with E-state index in [1.54, 1.807) is 0 Å². The number of amides is 1. The molecule has 0 aliphatic heterocycles. The Morgan fingerprint density at radius 1 is 1.56 bits per heavy atom. The SMILES string of the molecule is CON(C)C(=O)C(=O)Cl. The predicted molar refractivity (Wildman–Crippen MR) is 30.6 cm³/mol. The van der Waals surface area contributed by atoms with Crippen LogP contribution in [0.4, 0.5) is 0 Å². The van der Waals surface area contributed by atoms with Gasteiger partial charge in [0, 0.05) is 7.05 Å². The lowest BCUT2D eigenvalue weighted by atomic mass is 10.7. The highest BCUT2D eigenvalue weighted by Crippen LogP contribution is 1.88. The van der Waals surface area contributed by atoms with Crippen molar-refractivity contribution in [1.82, 2.24) is 5.06 Å². The van der Waals surface area contributed by atoms with E-state index in [1.807, 2.05) is 0 Å². The molecule has 52 valence electrons. The minimum absolute atomic E-state index is 0.745. The fourth-order valence-corrected chi connectivity index (χ4v) is 0.326. The van der Waals surface area contributed by atoms with Gasteiger partial charge >= 0.3 is 11.1 Å². The van der Waals surface area contributed by atoms with Crippen molar-refractivity contribution in [1.29, 1.82) is 0 Å². The quantitative estimate of drug-likeness (QED) is 0.311. The third-order valence-corrected chi connectivity index (χ3v) is 0.890. The Morgan fingerprint density at radius 3 is 2.11 bits per heavy atom. The van der Waals surface area contributed by atoms with Gasteiger partial charge in [-0.05, 0) is 11.6 Å². The molecule has 0 N–H and O–H groups in total. The Hall–Kier alpha value is -0.610. The van der Waals surface area contributed by atoms with Gasteiger partial charge in [-0.15, -0.1) is 0 Å².